The van der Waals surface area contributed by atoms with Gasteiger partial charge < -0.3 is 15.8 Å². The molecule has 7 nitrogen and oxygen atoms in total. The SMILES string of the molecule is CCOc1ccc(NC(=O)c2n[nH]c(C)c2N)cn1. The molecule has 0 atom stereocenters. The van der Waals surface area contributed by atoms with E-state index in [0.29, 0.717) is 29.6 Å². The lowest BCUT2D eigenvalue weighted by Gasteiger charge is -2.05. The molecule has 4 N–H and O–H groups in total. The fourth-order valence-corrected chi connectivity index (χ4v) is 1.49. The second-order valence-corrected chi connectivity index (χ2v) is 3.88. The van der Waals surface area contributed by atoms with Crippen LogP contribution in [0.1, 0.15) is 23.1 Å². The average Bonchev–Trinajstić information content (AvgIpc) is 2.73. The highest BCUT2D eigenvalue weighted by atomic mass is 16.5. The molecule has 7 heteroatoms. The quantitative estimate of drug-likeness (QED) is 0.770. The number of hydrogen-bond acceptors (Lipinski definition) is 5. The number of aromatic amines is 1. The molecule has 2 aromatic rings. The Morgan fingerprint density at radius 1 is 1.53 bits per heavy atom. The predicted octanol–water partition coefficient (Wildman–Crippen LogP) is 1.35. The summed E-state index contributed by atoms with van der Waals surface area (Å²) in [7, 11) is 0. The van der Waals surface area contributed by atoms with Crippen molar-refractivity contribution in [1.29, 1.82) is 0 Å². The third-order valence-electron chi connectivity index (χ3n) is 2.50. The van der Waals surface area contributed by atoms with E-state index in [2.05, 4.69) is 20.5 Å². The summed E-state index contributed by atoms with van der Waals surface area (Å²) in [6.07, 6.45) is 1.51. The number of H-pyrrole nitrogens is 1. The van der Waals surface area contributed by atoms with Crippen molar-refractivity contribution in [3.8, 4) is 5.88 Å². The van der Waals surface area contributed by atoms with E-state index in [1.54, 1.807) is 19.1 Å². The lowest BCUT2D eigenvalue weighted by molar-refractivity contribution is 0.102. The zero-order valence-electron chi connectivity index (χ0n) is 10.7. The minimum atomic E-state index is -0.382. The zero-order valence-corrected chi connectivity index (χ0v) is 10.7. The number of nitrogens with one attached hydrogen (secondary N) is 2. The molecule has 2 rings (SSSR count). The Kier molecular flexibility index (Phi) is 3.65. The Labute approximate surface area is 110 Å². The van der Waals surface area contributed by atoms with Crippen molar-refractivity contribution in [3.05, 3.63) is 29.7 Å². The third-order valence-corrected chi connectivity index (χ3v) is 2.50. The van der Waals surface area contributed by atoms with Crippen molar-refractivity contribution in [2.75, 3.05) is 17.7 Å². The van der Waals surface area contributed by atoms with Crippen LogP contribution < -0.4 is 15.8 Å². The largest absolute Gasteiger partial charge is 0.478 e. The number of carbonyl (C=O) groups is 1. The number of hydrogen-bond donors (Lipinski definition) is 3. The number of aromatic nitrogens is 3. The Bertz CT molecular complexity index is 576. The van der Waals surface area contributed by atoms with Gasteiger partial charge in [-0.15, -0.1) is 0 Å². The van der Waals surface area contributed by atoms with Gasteiger partial charge in [0.05, 0.1) is 29.9 Å². The van der Waals surface area contributed by atoms with Crippen LogP contribution in [0.4, 0.5) is 11.4 Å². The summed E-state index contributed by atoms with van der Waals surface area (Å²) in [6.45, 7) is 4.17. The van der Waals surface area contributed by atoms with Gasteiger partial charge in [-0.2, -0.15) is 5.10 Å². The lowest BCUT2D eigenvalue weighted by atomic mass is 10.3. The first kappa shape index (κ1) is 12.9. The van der Waals surface area contributed by atoms with E-state index >= 15 is 0 Å². The smallest absolute Gasteiger partial charge is 0.278 e. The summed E-state index contributed by atoms with van der Waals surface area (Å²) in [4.78, 5) is 16.0. The van der Waals surface area contributed by atoms with E-state index in [0.717, 1.165) is 0 Å². The minimum absolute atomic E-state index is 0.173. The fourth-order valence-electron chi connectivity index (χ4n) is 1.49. The lowest BCUT2D eigenvalue weighted by Crippen LogP contribution is -2.14. The maximum Gasteiger partial charge on any atom is 0.278 e. The van der Waals surface area contributed by atoms with Gasteiger partial charge in [0.1, 0.15) is 0 Å². The van der Waals surface area contributed by atoms with E-state index in [9.17, 15) is 4.79 Å². The van der Waals surface area contributed by atoms with E-state index in [4.69, 9.17) is 10.5 Å². The molecule has 0 fully saturated rings. The second kappa shape index (κ2) is 5.38. The van der Waals surface area contributed by atoms with E-state index in [1.165, 1.54) is 6.20 Å². The Morgan fingerprint density at radius 2 is 2.32 bits per heavy atom. The monoisotopic (exact) mass is 261 g/mol. The van der Waals surface area contributed by atoms with Crippen LogP contribution in [0.15, 0.2) is 18.3 Å². The first-order valence-electron chi connectivity index (χ1n) is 5.82. The summed E-state index contributed by atoms with van der Waals surface area (Å²) in [6, 6.07) is 3.38. The van der Waals surface area contributed by atoms with Crippen LogP contribution in [0.3, 0.4) is 0 Å². The zero-order chi connectivity index (χ0) is 13.8. The van der Waals surface area contributed by atoms with E-state index in [-0.39, 0.29) is 11.6 Å². The molecule has 0 aromatic carbocycles. The number of pyridine rings is 1. The van der Waals surface area contributed by atoms with Gasteiger partial charge in [-0.3, -0.25) is 9.89 Å². The molecule has 0 spiro atoms. The standard InChI is InChI=1S/C12H15N5O2/c1-3-19-9-5-4-8(6-14-9)15-12(18)11-10(13)7(2)16-17-11/h4-6H,3,13H2,1-2H3,(H,15,18)(H,16,17). The topological polar surface area (TPSA) is 106 Å². The maximum absolute atomic E-state index is 11.9. The highest BCUT2D eigenvalue weighted by molar-refractivity contribution is 6.06. The average molecular weight is 261 g/mol. The summed E-state index contributed by atoms with van der Waals surface area (Å²) in [5.74, 6) is 0.128. The highest BCUT2D eigenvalue weighted by Gasteiger charge is 2.15. The molecule has 0 saturated carbocycles. The molecule has 2 heterocycles. The Morgan fingerprint density at radius 3 is 2.84 bits per heavy atom. The molecule has 0 aliphatic heterocycles. The van der Waals surface area contributed by atoms with Gasteiger partial charge in [0, 0.05) is 6.07 Å². The number of anilines is 2. The summed E-state index contributed by atoms with van der Waals surface area (Å²) in [5.41, 5.74) is 7.46. The van der Waals surface area contributed by atoms with E-state index in [1.807, 2.05) is 6.92 Å². The van der Waals surface area contributed by atoms with Crippen molar-refractivity contribution < 1.29 is 9.53 Å². The van der Waals surface area contributed by atoms with Crippen LogP contribution in [0, 0.1) is 6.92 Å². The summed E-state index contributed by atoms with van der Waals surface area (Å²) >= 11 is 0. The molecule has 0 radical (unpaired) electrons. The number of amides is 1. The molecular weight excluding hydrogens is 246 g/mol. The van der Waals surface area contributed by atoms with Gasteiger partial charge in [-0.1, -0.05) is 0 Å². The number of aryl methyl sites for hydroxylation is 1. The summed E-state index contributed by atoms with van der Waals surface area (Å²) in [5, 5.41) is 9.17. The number of rotatable bonds is 4. The van der Waals surface area contributed by atoms with Crippen LogP contribution in [0.2, 0.25) is 0 Å². The predicted molar refractivity (Wildman–Crippen MR) is 71.1 cm³/mol. The molecule has 0 unspecified atom stereocenters. The third kappa shape index (κ3) is 2.82. The number of nitrogen functional groups attached to an aromatic ring is 1. The number of carbonyl (C=O) groups excluding carboxylic acids is 1. The van der Waals surface area contributed by atoms with E-state index < -0.39 is 0 Å². The Balaban J connectivity index is 2.08. The minimum Gasteiger partial charge on any atom is -0.478 e. The second-order valence-electron chi connectivity index (χ2n) is 3.88. The molecule has 0 aliphatic carbocycles. The first-order valence-corrected chi connectivity index (χ1v) is 5.82. The van der Waals surface area contributed by atoms with Crippen LogP contribution >= 0.6 is 0 Å². The van der Waals surface area contributed by atoms with Gasteiger partial charge >= 0.3 is 0 Å². The molecular formula is C12H15N5O2. The highest BCUT2D eigenvalue weighted by Crippen LogP contribution is 2.16. The Hall–Kier alpha value is -2.57. The maximum atomic E-state index is 11.9. The van der Waals surface area contributed by atoms with Crippen LogP contribution in [-0.4, -0.2) is 27.7 Å². The molecule has 100 valence electrons. The van der Waals surface area contributed by atoms with Crippen LogP contribution in [0.5, 0.6) is 5.88 Å². The van der Waals surface area contributed by atoms with Crippen molar-refractivity contribution in [2.45, 2.75) is 13.8 Å². The molecule has 0 aliphatic rings. The van der Waals surface area contributed by atoms with Crippen LogP contribution in [-0.2, 0) is 0 Å². The molecule has 0 saturated heterocycles. The van der Waals surface area contributed by atoms with Gasteiger partial charge in [-0.25, -0.2) is 4.98 Å². The number of nitrogens with two attached hydrogens (primary N) is 1. The van der Waals surface area contributed by atoms with Crippen molar-refractivity contribution >= 4 is 17.3 Å². The molecule has 0 bridgehead atoms. The molecule has 19 heavy (non-hydrogen) atoms. The van der Waals surface area contributed by atoms with Gasteiger partial charge in [0.15, 0.2) is 5.69 Å². The van der Waals surface area contributed by atoms with Crippen molar-refractivity contribution in [3.63, 3.8) is 0 Å². The first-order chi connectivity index (χ1) is 9.11. The number of ether oxygens (including phenoxy) is 1. The van der Waals surface area contributed by atoms with Gasteiger partial charge in [0.25, 0.3) is 5.91 Å². The van der Waals surface area contributed by atoms with Crippen molar-refractivity contribution in [1.82, 2.24) is 15.2 Å². The van der Waals surface area contributed by atoms with Gasteiger partial charge in [-0.05, 0) is 19.9 Å². The van der Waals surface area contributed by atoms with Crippen molar-refractivity contribution in [2.24, 2.45) is 0 Å². The molecule has 1 amide bonds. The van der Waals surface area contributed by atoms with Crippen LogP contribution in [0.25, 0.3) is 0 Å². The van der Waals surface area contributed by atoms with Gasteiger partial charge in [0.2, 0.25) is 5.88 Å². The molecule has 2 aromatic heterocycles. The fraction of sp³-hybridized carbons (Fsp3) is 0.250. The summed E-state index contributed by atoms with van der Waals surface area (Å²) < 4.78 is 5.21. The normalized spacial score (nSPS) is 10.2. The number of nitrogens with zero attached hydrogens (tertiary/aromatic N) is 2.